The van der Waals surface area contributed by atoms with Gasteiger partial charge in [-0.3, -0.25) is 4.90 Å². The molecule has 88 valence electrons. The molecule has 4 heteroatoms. The quantitative estimate of drug-likeness (QED) is 0.785. The normalized spacial score (nSPS) is 22.6. The van der Waals surface area contributed by atoms with Crippen LogP contribution in [0.4, 0.5) is 14.5 Å². The number of benzene rings is 1. The van der Waals surface area contributed by atoms with Crippen LogP contribution in [0.3, 0.4) is 0 Å². The average Bonchev–Trinajstić information content (AvgIpc) is 2.65. The summed E-state index contributed by atoms with van der Waals surface area (Å²) in [5.41, 5.74) is 5.75. The van der Waals surface area contributed by atoms with Gasteiger partial charge in [0.1, 0.15) is 0 Å². The van der Waals surface area contributed by atoms with Crippen LogP contribution in [0.5, 0.6) is 0 Å². The summed E-state index contributed by atoms with van der Waals surface area (Å²) in [5, 5.41) is 0. The van der Waals surface area contributed by atoms with Gasteiger partial charge in [0.15, 0.2) is 0 Å². The molecular weight excluding hydrogens is 210 g/mol. The second-order valence-electron chi connectivity index (χ2n) is 4.35. The van der Waals surface area contributed by atoms with Crippen LogP contribution in [0.25, 0.3) is 0 Å². The van der Waals surface area contributed by atoms with Crippen molar-refractivity contribution in [1.82, 2.24) is 4.90 Å². The van der Waals surface area contributed by atoms with Crippen LogP contribution >= 0.6 is 0 Å². The molecule has 0 radical (unpaired) electrons. The van der Waals surface area contributed by atoms with E-state index in [-0.39, 0.29) is 11.3 Å². The topological polar surface area (TPSA) is 29.3 Å². The Morgan fingerprint density at radius 1 is 1.38 bits per heavy atom. The van der Waals surface area contributed by atoms with Gasteiger partial charge in [0.05, 0.1) is 6.04 Å². The first-order valence-electron chi connectivity index (χ1n) is 5.46. The number of nitrogens with zero attached hydrogens (tertiary/aromatic N) is 1. The van der Waals surface area contributed by atoms with Crippen LogP contribution < -0.4 is 5.73 Å². The molecule has 1 aromatic carbocycles. The summed E-state index contributed by atoms with van der Waals surface area (Å²) in [5.74, 6) is -2.86. The van der Waals surface area contributed by atoms with E-state index in [0.717, 1.165) is 13.0 Å². The predicted molar refractivity (Wildman–Crippen MR) is 60.4 cm³/mol. The van der Waals surface area contributed by atoms with Gasteiger partial charge in [0.2, 0.25) is 0 Å². The molecular formula is C12H16F2N2. The molecule has 16 heavy (non-hydrogen) atoms. The van der Waals surface area contributed by atoms with Gasteiger partial charge in [-0.15, -0.1) is 0 Å². The van der Waals surface area contributed by atoms with Crippen molar-refractivity contribution in [3.63, 3.8) is 0 Å². The Labute approximate surface area is 94.0 Å². The van der Waals surface area contributed by atoms with Crippen LogP contribution in [-0.4, -0.2) is 24.5 Å². The number of hydrogen-bond donors (Lipinski definition) is 1. The summed E-state index contributed by atoms with van der Waals surface area (Å²) in [7, 11) is 1.74. The lowest BCUT2D eigenvalue weighted by Gasteiger charge is -2.29. The number of rotatable bonds is 2. The van der Waals surface area contributed by atoms with Crippen molar-refractivity contribution in [2.45, 2.75) is 24.8 Å². The molecule has 0 amide bonds. The molecule has 1 fully saturated rings. The summed E-state index contributed by atoms with van der Waals surface area (Å²) in [6.45, 7) is 0.729. The van der Waals surface area contributed by atoms with Crippen molar-refractivity contribution in [3.8, 4) is 0 Å². The van der Waals surface area contributed by atoms with E-state index in [1.165, 1.54) is 12.1 Å². The lowest BCUT2D eigenvalue weighted by Crippen LogP contribution is -2.40. The van der Waals surface area contributed by atoms with E-state index in [4.69, 9.17) is 5.73 Å². The second-order valence-corrected chi connectivity index (χ2v) is 4.35. The van der Waals surface area contributed by atoms with Gasteiger partial charge in [-0.25, -0.2) is 0 Å². The highest BCUT2D eigenvalue weighted by molar-refractivity contribution is 5.49. The Bertz CT molecular complexity index is 379. The molecule has 2 N–H and O–H groups in total. The van der Waals surface area contributed by atoms with Gasteiger partial charge < -0.3 is 5.73 Å². The maximum Gasteiger partial charge on any atom is 0.290 e. The maximum atomic E-state index is 14.3. The second kappa shape index (κ2) is 4.01. The molecule has 1 aliphatic rings. The maximum absolute atomic E-state index is 14.3. The highest BCUT2D eigenvalue weighted by Gasteiger charge is 2.46. The van der Waals surface area contributed by atoms with E-state index in [9.17, 15) is 8.78 Å². The van der Waals surface area contributed by atoms with Crippen molar-refractivity contribution in [2.75, 3.05) is 19.3 Å². The number of para-hydroxylation sites is 1. The molecule has 1 aliphatic heterocycles. The van der Waals surface area contributed by atoms with Crippen molar-refractivity contribution in [1.29, 1.82) is 0 Å². The van der Waals surface area contributed by atoms with Crippen molar-refractivity contribution >= 4 is 5.69 Å². The molecule has 2 nitrogen and oxygen atoms in total. The summed E-state index contributed by atoms with van der Waals surface area (Å²) in [4.78, 5) is 1.71. The molecule has 1 aromatic rings. The zero-order valence-corrected chi connectivity index (χ0v) is 9.29. The minimum absolute atomic E-state index is 0.0475. The zero-order valence-electron chi connectivity index (χ0n) is 9.29. The van der Waals surface area contributed by atoms with Crippen LogP contribution in [0.1, 0.15) is 18.4 Å². The van der Waals surface area contributed by atoms with E-state index in [2.05, 4.69) is 0 Å². The smallest absolute Gasteiger partial charge is 0.290 e. The molecule has 0 saturated carbocycles. The van der Waals surface area contributed by atoms with Crippen LogP contribution in [-0.2, 0) is 5.92 Å². The first kappa shape index (κ1) is 11.3. The van der Waals surface area contributed by atoms with Gasteiger partial charge in [0, 0.05) is 11.3 Å². The number of alkyl halides is 2. The molecule has 0 aromatic heterocycles. The van der Waals surface area contributed by atoms with E-state index in [1.54, 1.807) is 24.1 Å². The van der Waals surface area contributed by atoms with E-state index >= 15 is 0 Å². The average molecular weight is 226 g/mol. The lowest BCUT2D eigenvalue weighted by molar-refractivity contribution is -0.0689. The SMILES string of the molecule is CN1CCCC1C(F)(F)c1ccccc1N. The fourth-order valence-electron chi connectivity index (χ4n) is 2.35. The number of nitrogen functional groups attached to an aromatic ring is 1. The number of halogens is 2. The Hall–Kier alpha value is -1.16. The summed E-state index contributed by atoms with van der Waals surface area (Å²) >= 11 is 0. The summed E-state index contributed by atoms with van der Waals surface area (Å²) < 4.78 is 28.5. The lowest BCUT2D eigenvalue weighted by atomic mass is 9.98. The van der Waals surface area contributed by atoms with Crippen LogP contribution in [0, 0.1) is 0 Å². The van der Waals surface area contributed by atoms with Crippen molar-refractivity contribution in [2.24, 2.45) is 0 Å². The zero-order chi connectivity index (χ0) is 11.8. The molecule has 1 atom stereocenters. The first-order valence-corrected chi connectivity index (χ1v) is 5.46. The molecule has 0 bridgehead atoms. The van der Waals surface area contributed by atoms with Crippen LogP contribution in [0.2, 0.25) is 0 Å². The van der Waals surface area contributed by atoms with Gasteiger partial charge in [-0.05, 0) is 32.5 Å². The summed E-state index contributed by atoms with van der Waals surface area (Å²) in [6, 6.07) is 5.50. The highest BCUT2D eigenvalue weighted by Crippen LogP contribution is 2.41. The minimum Gasteiger partial charge on any atom is -0.398 e. The van der Waals surface area contributed by atoms with Crippen molar-refractivity contribution in [3.05, 3.63) is 29.8 Å². The Morgan fingerprint density at radius 3 is 2.62 bits per heavy atom. The Morgan fingerprint density at radius 2 is 2.06 bits per heavy atom. The van der Waals surface area contributed by atoms with Crippen LogP contribution in [0.15, 0.2) is 24.3 Å². The third kappa shape index (κ3) is 1.78. The molecule has 1 heterocycles. The highest BCUT2D eigenvalue weighted by atomic mass is 19.3. The number of hydrogen-bond acceptors (Lipinski definition) is 2. The molecule has 2 rings (SSSR count). The first-order chi connectivity index (χ1) is 7.53. The molecule has 1 saturated heterocycles. The fraction of sp³-hybridized carbons (Fsp3) is 0.500. The minimum atomic E-state index is -2.86. The molecule has 1 unspecified atom stereocenters. The standard InChI is InChI=1S/C12H16F2N2/c1-16-8-4-7-11(16)12(13,14)9-5-2-3-6-10(9)15/h2-3,5-6,11H,4,7-8,15H2,1H3. The van der Waals surface area contributed by atoms with E-state index in [1.807, 2.05) is 0 Å². The Balaban J connectivity index is 2.34. The number of anilines is 1. The predicted octanol–water partition coefficient (Wildman–Crippen LogP) is 2.45. The number of likely N-dealkylation sites (tertiary alicyclic amines) is 1. The van der Waals surface area contributed by atoms with E-state index < -0.39 is 12.0 Å². The Kier molecular flexibility index (Phi) is 2.84. The van der Waals surface area contributed by atoms with Gasteiger partial charge in [0.25, 0.3) is 5.92 Å². The molecule has 0 spiro atoms. The monoisotopic (exact) mass is 226 g/mol. The third-order valence-electron chi connectivity index (χ3n) is 3.26. The summed E-state index contributed by atoms with van der Waals surface area (Å²) in [6.07, 6.45) is 1.35. The fourth-order valence-corrected chi connectivity index (χ4v) is 2.35. The molecule has 0 aliphatic carbocycles. The van der Waals surface area contributed by atoms with Gasteiger partial charge in [-0.1, -0.05) is 18.2 Å². The largest absolute Gasteiger partial charge is 0.398 e. The van der Waals surface area contributed by atoms with Crippen molar-refractivity contribution < 1.29 is 8.78 Å². The van der Waals surface area contributed by atoms with Gasteiger partial charge in [-0.2, -0.15) is 8.78 Å². The van der Waals surface area contributed by atoms with Gasteiger partial charge >= 0.3 is 0 Å². The number of likely N-dealkylation sites (N-methyl/N-ethyl adjacent to an activating group) is 1. The van der Waals surface area contributed by atoms with E-state index in [0.29, 0.717) is 6.42 Å². The number of nitrogens with two attached hydrogens (primary N) is 1. The third-order valence-corrected chi connectivity index (χ3v) is 3.26.